The zero-order valence-corrected chi connectivity index (χ0v) is 13.4. The molecule has 3 heterocycles. The Hall–Kier alpha value is -2.54. The van der Waals surface area contributed by atoms with E-state index in [0.717, 1.165) is 41.2 Å². The Kier molecular flexibility index (Phi) is 3.42. The summed E-state index contributed by atoms with van der Waals surface area (Å²) in [5, 5.41) is 12.0. The number of amides is 1. The van der Waals surface area contributed by atoms with E-state index in [1.807, 2.05) is 13.0 Å². The largest absolute Gasteiger partial charge is 0.364 e. The van der Waals surface area contributed by atoms with E-state index in [0.29, 0.717) is 10.7 Å². The van der Waals surface area contributed by atoms with Gasteiger partial charge in [0.1, 0.15) is 5.01 Å². The van der Waals surface area contributed by atoms with Crippen molar-refractivity contribution >= 4 is 22.4 Å². The minimum atomic E-state index is -0.183. The second-order valence-electron chi connectivity index (χ2n) is 5.50. The van der Waals surface area contributed by atoms with Crippen molar-refractivity contribution in [1.29, 1.82) is 0 Å². The standard InChI is InChI=1S/C16H15N5OS/c1-9-20-21-16(23-9)19-15(22)11-8-18-12-6-2-4-10-5-3-7-17-14(10)13(11)12/h3,5,7-8,18H,2,4,6H2,1H3,(H,19,21,22). The first-order valence-corrected chi connectivity index (χ1v) is 8.30. The molecule has 4 rings (SSSR count). The number of hydrogen-bond acceptors (Lipinski definition) is 5. The van der Waals surface area contributed by atoms with E-state index in [1.165, 1.54) is 16.9 Å². The summed E-state index contributed by atoms with van der Waals surface area (Å²) in [7, 11) is 0. The van der Waals surface area contributed by atoms with Crippen molar-refractivity contribution in [1.82, 2.24) is 20.2 Å². The average Bonchev–Trinajstić information content (AvgIpc) is 3.10. The molecule has 0 unspecified atom stereocenters. The first-order valence-electron chi connectivity index (χ1n) is 7.48. The lowest BCUT2D eigenvalue weighted by molar-refractivity contribution is 0.102. The monoisotopic (exact) mass is 325 g/mol. The van der Waals surface area contributed by atoms with Crippen LogP contribution in [0.4, 0.5) is 5.13 Å². The fourth-order valence-electron chi connectivity index (χ4n) is 2.95. The van der Waals surface area contributed by atoms with Gasteiger partial charge in [0.25, 0.3) is 5.91 Å². The summed E-state index contributed by atoms with van der Waals surface area (Å²) in [6, 6.07) is 4.03. The Balaban J connectivity index is 1.75. The number of pyridine rings is 1. The second-order valence-corrected chi connectivity index (χ2v) is 6.68. The van der Waals surface area contributed by atoms with Gasteiger partial charge in [-0.05, 0) is 37.8 Å². The SMILES string of the molecule is Cc1nnc(NC(=O)c2c[nH]c3c2-c2ncccc2CCC3)s1. The molecule has 0 aromatic carbocycles. The van der Waals surface area contributed by atoms with Crippen molar-refractivity contribution in [2.75, 3.05) is 5.32 Å². The molecule has 0 spiro atoms. The van der Waals surface area contributed by atoms with Crippen LogP contribution < -0.4 is 5.32 Å². The van der Waals surface area contributed by atoms with Crippen LogP contribution in [0.1, 0.15) is 33.0 Å². The summed E-state index contributed by atoms with van der Waals surface area (Å²) in [4.78, 5) is 20.4. The molecule has 0 atom stereocenters. The fraction of sp³-hybridized carbons (Fsp3) is 0.250. The lowest BCUT2D eigenvalue weighted by Crippen LogP contribution is -2.12. The number of fused-ring (bicyclic) bond motifs is 3. The number of rotatable bonds is 2. The van der Waals surface area contributed by atoms with E-state index in [2.05, 4.69) is 31.5 Å². The van der Waals surface area contributed by atoms with Gasteiger partial charge in [-0.15, -0.1) is 10.2 Å². The highest BCUT2D eigenvalue weighted by Gasteiger charge is 2.24. The Morgan fingerprint density at radius 2 is 2.26 bits per heavy atom. The van der Waals surface area contributed by atoms with E-state index < -0.39 is 0 Å². The van der Waals surface area contributed by atoms with Crippen molar-refractivity contribution in [2.24, 2.45) is 0 Å². The van der Waals surface area contributed by atoms with Crippen LogP contribution in [0, 0.1) is 6.92 Å². The van der Waals surface area contributed by atoms with Crippen LogP contribution in [0.25, 0.3) is 11.3 Å². The van der Waals surface area contributed by atoms with Gasteiger partial charge in [0.05, 0.1) is 11.3 Å². The van der Waals surface area contributed by atoms with Gasteiger partial charge in [-0.3, -0.25) is 15.1 Å². The third-order valence-corrected chi connectivity index (χ3v) is 4.71. The summed E-state index contributed by atoms with van der Waals surface area (Å²) in [6.07, 6.45) is 6.47. The molecule has 6 nitrogen and oxygen atoms in total. The molecule has 3 aromatic rings. The topological polar surface area (TPSA) is 83.6 Å². The number of anilines is 1. The zero-order valence-electron chi connectivity index (χ0n) is 12.6. The summed E-state index contributed by atoms with van der Waals surface area (Å²) in [6.45, 7) is 1.86. The van der Waals surface area contributed by atoms with Crippen LogP contribution in [-0.4, -0.2) is 26.1 Å². The summed E-state index contributed by atoms with van der Waals surface area (Å²) < 4.78 is 0. The van der Waals surface area contributed by atoms with Gasteiger partial charge in [-0.25, -0.2) is 0 Å². The number of aryl methyl sites for hydroxylation is 3. The first kappa shape index (κ1) is 14.1. The zero-order chi connectivity index (χ0) is 15.8. The van der Waals surface area contributed by atoms with Gasteiger partial charge in [0.2, 0.25) is 5.13 Å². The first-order chi connectivity index (χ1) is 11.2. The summed E-state index contributed by atoms with van der Waals surface area (Å²) in [5.74, 6) is -0.183. The van der Waals surface area contributed by atoms with E-state index in [9.17, 15) is 4.79 Å². The van der Waals surface area contributed by atoms with Gasteiger partial charge in [0.15, 0.2) is 0 Å². The Morgan fingerprint density at radius 3 is 3.09 bits per heavy atom. The molecule has 7 heteroatoms. The fourth-order valence-corrected chi connectivity index (χ4v) is 3.53. The number of nitrogens with one attached hydrogen (secondary N) is 2. The van der Waals surface area contributed by atoms with E-state index in [1.54, 1.807) is 12.4 Å². The lowest BCUT2D eigenvalue weighted by Gasteiger charge is -2.07. The van der Waals surface area contributed by atoms with Crippen molar-refractivity contribution in [3.05, 3.63) is 46.4 Å². The number of H-pyrrole nitrogens is 1. The summed E-state index contributed by atoms with van der Waals surface area (Å²) in [5.41, 5.74) is 4.68. The quantitative estimate of drug-likeness (QED) is 0.759. The minimum Gasteiger partial charge on any atom is -0.364 e. The van der Waals surface area contributed by atoms with E-state index in [-0.39, 0.29) is 5.91 Å². The van der Waals surface area contributed by atoms with Crippen LogP contribution in [0.15, 0.2) is 24.5 Å². The predicted molar refractivity (Wildman–Crippen MR) is 88.6 cm³/mol. The Bertz CT molecular complexity index is 882. The molecule has 2 N–H and O–H groups in total. The number of hydrogen-bond donors (Lipinski definition) is 2. The van der Waals surface area contributed by atoms with Crippen molar-refractivity contribution in [3.63, 3.8) is 0 Å². The van der Waals surface area contributed by atoms with Crippen molar-refractivity contribution in [2.45, 2.75) is 26.2 Å². The molecule has 0 fully saturated rings. The second kappa shape index (κ2) is 5.58. The maximum Gasteiger partial charge on any atom is 0.259 e. The molecule has 23 heavy (non-hydrogen) atoms. The molecule has 0 saturated carbocycles. The molecule has 0 bridgehead atoms. The minimum absolute atomic E-state index is 0.183. The lowest BCUT2D eigenvalue weighted by atomic mass is 10.0. The van der Waals surface area contributed by atoms with E-state index >= 15 is 0 Å². The number of nitrogens with zero attached hydrogens (tertiary/aromatic N) is 3. The molecule has 1 aliphatic rings. The van der Waals surface area contributed by atoms with E-state index in [4.69, 9.17) is 0 Å². The number of aromatic amines is 1. The highest BCUT2D eigenvalue weighted by Crippen LogP contribution is 2.33. The van der Waals surface area contributed by atoms with Gasteiger partial charge < -0.3 is 4.98 Å². The molecule has 0 radical (unpaired) electrons. The molecule has 1 amide bonds. The average molecular weight is 325 g/mol. The van der Waals surface area contributed by atoms with Crippen LogP contribution in [-0.2, 0) is 12.8 Å². The van der Waals surface area contributed by atoms with Gasteiger partial charge in [0, 0.05) is 23.7 Å². The molecule has 0 saturated heterocycles. The molecule has 1 aliphatic carbocycles. The molecule has 116 valence electrons. The van der Waals surface area contributed by atoms with Gasteiger partial charge in [-0.2, -0.15) is 0 Å². The Labute approximate surface area is 137 Å². The maximum atomic E-state index is 12.7. The van der Waals surface area contributed by atoms with Crippen LogP contribution in [0.3, 0.4) is 0 Å². The number of aromatic nitrogens is 4. The van der Waals surface area contributed by atoms with Crippen molar-refractivity contribution in [3.8, 4) is 11.3 Å². The van der Waals surface area contributed by atoms with Gasteiger partial charge in [-0.1, -0.05) is 17.4 Å². The number of carbonyl (C=O) groups is 1. The highest BCUT2D eigenvalue weighted by molar-refractivity contribution is 7.15. The highest BCUT2D eigenvalue weighted by atomic mass is 32.1. The predicted octanol–water partition coefficient (Wildman–Crippen LogP) is 2.98. The molecule has 0 aliphatic heterocycles. The van der Waals surface area contributed by atoms with Crippen LogP contribution >= 0.6 is 11.3 Å². The normalized spacial score (nSPS) is 13.1. The molecular formula is C16H15N5OS. The summed E-state index contributed by atoms with van der Waals surface area (Å²) >= 11 is 1.36. The van der Waals surface area contributed by atoms with Crippen LogP contribution in [0.2, 0.25) is 0 Å². The third-order valence-electron chi connectivity index (χ3n) is 3.95. The molecule has 3 aromatic heterocycles. The smallest absolute Gasteiger partial charge is 0.259 e. The third kappa shape index (κ3) is 2.53. The van der Waals surface area contributed by atoms with Crippen molar-refractivity contribution < 1.29 is 4.79 Å². The molecular weight excluding hydrogens is 310 g/mol. The van der Waals surface area contributed by atoms with Crippen LogP contribution in [0.5, 0.6) is 0 Å². The Morgan fingerprint density at radius 1 is 1.35 bits per heavy atom. The number of carbonyl (C=O) groups excluding carboxylic acids is 1. The van der Waals surface area contributed by atoms with Gasteiger partial charge >= 0.3 is 0 Å². The maximum absolute atomic E-state index is 12.7.